The molecule has 0 aliphatic heterocycles. The van der Waals surface area contributed by atoms with Crippen molar-refractivity contribution in [3.63, 3.8) is 0 Å². The van der Waals surface area contributed by atoms with E-state index in [1.54, 1.807) is 24.3 Å². The van der Waals surface area contributed by atoms with Crippen LogP contribution in [-0.4, -0.2) is 43.8 Å². The third-order valence-electron chi connectivity index (χ3n) is 3.74. The number of carbonyl (C=O) groups is 3. The van der Waals surface area contributed by atoms with E-state index in [1.165, 1.54) is 13.3 Å². The second-order valence-electron chi connectivity index (χ2n) is 5.59. The summed E-state index contributed by atoms with van der Waals surface area (Å²) in [6.07, 6.45) is 5.37. The zero-order valence-corrected chi connectivity index (χ0v) is 14.0. The summed E-state index contributed by atoms with van der Waals surface area (Å²) >= 11 is 0. The highest BCUT2D eigenvalue weighted by Gasteiger charge is 2.20. The molecule has 0 aromatic heterocycles. The van der Waals surface area contributed by atoms with Crippen molar-refractivity contribution >= 4 is 24.0 Å². The Kier molecular flexibility index (Phi) is 6.94. The number of nitrogens with zero attached hydrogens (tertiary/aromatic N) is 1. The van der Waals surface area contributed by atoms with Crippen molar-refractivity contribution in [2.45, 2.75) is 31.7 Å². The van der Waals surface area contributed by atoms with Gasteiger partial charge in [0, 0.05) is 6.04 Å². The van der Waals surface area contributed by atoms with Crippen LogP contribution in [0.15, 0.2) is 29.4 Å². The molecule has 0 saturated heterocycles. The number of hydrogen-bond donors (Lipinski definition) is 2. The summed E-state index contributed by atoms with van der Waals surface area (Å²) in [5, 5.41) is 6.44. The Labute approximate surface area is 145 Å². The van der Waals surface area contributed by atoms with Crippen LogP contribution in [0.25, 0.3) is 0 Å². The molecule has 0 radical (unpaired) electrons. The lowest BCUT2D eigenvalue weighted by Crippen LogP contribution is -2.42. The van der Waals surface area contributed by atoms with Crippen LogP contribution >= 0.6 is 0 Å². The Morgan fingerprint density at radius 1 is 1.16 bits per heavy atom. The normalized spacial score (nSPS) is 14.3. The SMILES string of the molecule is COC(=O)COc1ccc(/C=N\NC(=O)C(=O)NC2CCCC2)cc1. The van der Waals surface area contributed by atoms with E-state index in [-0.39, 0.29) is 12.6 Å². The molecule has 0 atom stereocenters. The minimum atomic E-state index is -0.791. The zero-order valence-electron chi connectivity index (χ0n) is 14.0. The number of ether oxygens (including phenoxy) is 2. The predicted octanol–water partition coefficient (Wildman–Crippen LogP) is 0.747. The van der Waals surface area contributed by atoms with Crippen molar-refractivity contribution in [1.29, 1.82) is 0 Å². The number of benzene rings is 1. The summed E-state index contributed by atoms with van der Waals surface area (Å²) in [5.74, 6) is -1.43. The number of hydrogen-bond acceptors (Lipinski definition) is 6. The van der Waals surface area contributed by atoms with Gasteiger partial charge in [-0.25, -0.2) is 10.2 Å². The van der Waals surface area contributed by atoms with Crippen LogP contribution in [0.4, 0.5) is 0 Å². The van der Waals surface area contributed by atoms with Crippen LogP contribution in [0.3, 0.4) is 0 Å². The number of carbonyl (C=O) groups excluding carboxylic acids is 3. The molecule has 8 nitrogen and oxygen atoms in total. The van der Waals surface area contributed by atoms with E-state index in [9.17, 15) is 14.4 Å². The molecular weight excluding hydrogens is 326 g/mol. The van der Waals surface area contributed by atoms with E-state index in [0.717, 1.165) is 25.7 Å². The van der Waals surface area contributed by atoms with Gasteiger partial charge in [-0.1, -0.05) is 12.8 Å². The fourth-order valence-corrected chi connectivity index (χ4v) is 2.39. The molecule has 134 valence electrons. The Morgan fingerprint density at radius 2 is 1.84 bits per heavy atom. The van der Waals surface area contributed by atoms with Gasteiger partial charge in [-0.05, 0) is 42.7 Å². The lowest BCUT2D eigenvalue weighted by molar-refractivity contribution is -0.142. The Balaban J connectivity index is 1.75. The largest absolute Gasteiger partial charge is 0.482 e. The molecule has 1 saturated carbocycles. The van der Waals surface area contributed by atoms with Gasteiger partial charge < -0.3 is 14.8 Å². The van der Waals surface area contributed by atoms with E-state index in [2.05, 4.69) is 20.6 Å². The van der Waals surface area contributed by atoms with Crippen LogP contribution in [-0.2, 0) is 19.1 Å². The number of esters is 1. The summed E-state index contributed by atoms with van der Waals surface area (Å²) in [4.78, 5) is 34.3. The number of methoxy groups -OCH3 is 1. The highest BCUT2D eigenvalue weighted by atomic mass is 16.6. The highest BCUT2D eigenvalue weighted by Crippen LogP contribution is 2.17. The van der Waals surface area contributed by atoms with Gasteiger partial charge in [0.1, 0.15) is 5.75 Å². The molecule has 1 aromatic rings. The Morgan fingerprint density at radius 3 is 2.48 bits per heavy atom. The molecule has 1 aliphatic rings. The first-order valence-corrected chi connectivity index (χ1v) is 8.02. The lowest BCUT2D eigenvalue weighted by Gasteiger charge is -2.10. The summed E-state index contributed by atoms with van der Waals surface area (Å²) in [5.41, 5.74) is 2.89. The summed E-state index contributed by atoms with van der Waals surface area (Å²) in [6, 6.07) is 6.78. The Hall–Kier alpha value is -2.90. The van der Waals surface area contributed by atoms with Crippen LogP contribution in [0.2, 0.25) is 0 Å². The molecule has 0 heterocycles. The average molecular weight is 347 g/mol. The molecule has 2 rings (SSSR count). The highest BCUT2D eigenvalue weighted by molar-refractivity contribution is 6.35. The summed E-state index contributed by atoms with van der Waals surface area (Å²) < 4.78 is 9.68. The maximum atomic E-state index is 11.7. The van der Waals surface area contributed by atoms with Crippen LogP contribution in [0.1, 0.15) is 31.2 Å². The van der Waals surface area contributed by atoms with Crippen LogP contribution < -0.4 is 15.5 Å². The van der Waals surface area contributed by atoms with Gasteiger partial charge in [0.15, 0.2) is 6.61 Å². The van der Waals surface area contributed by atoms with Gasteiger partial charge >= 0.3 is 17.8 Å². The van der Waals surface area contributed by atoms with Crippen LogP contribution in [0, 0.1) is 0 Å². The van der Waals surface area contributed by atoms with Crippen molar-refractivity contribution in [1.82, 2.24) is 10.7 Å². The van der Waals surface area contributed by atoms with Gasteiger partial charge in [0.2, 0.25) is 0 Å². The number of nitrogens with one attached hydrogen (secondary N) is 2. The first-order valence-electron chi connectivity index (χ1n) is 8.02. The number of rotatable bonds is 6. The van der Waals surface area contributed by atoms with Crippen molar-refractivity contribution in [3.8, 4) is 5.75 Å². The maximum absolute atomic E-state index is 11.7. The second kappa shape index (κ2) is 9.41. The lowest BCUT2D eigenvalue weighted by atomic mass is 10.2. The maximum Gasteiger partial charge on any atom is 0.343 e. The molecule has 1 aliphatic carbocycles. The first-order chi connectivity index (χ1) is 12.1. The molecular formula is C17H21N3O5. The van der Waals surface area contributed by atoms with Crippen molar-refractivity contribution < 1.29 is 23.9 Å². The third-order valence-corrected chi connectivity index (χ3v) is 3.74. The molecule has 0 spiro atoms. The molecule has 0 unspecified atom stereocenters. The fraction of sp³-hybridized carbons (Fsp3) is 0.412. The first kappa shape index (κ1) is 18.4. The standard InChI is InChI=1S/C17H21N3O5/c1-24-15(21)11-25-14-8-6-12(7-9-14)10-18-20-17(23)16(22)19-13-4-2-3-5-13/h6-10,13H,2-5,11H2,1H3,(H,19,22)(H,20,23)/b18-10-. The molecule has 0 bridgehead atoms. The van der Waals surface area contributed by atoms with Crippen molar-refractivity contribution in [2.24, 2.45) is 5.10 Å². The summed E-state index contributed by atoms with van der Waals surface area (Å²) in [7, 11) is 1.29. The topological polar surface area (TPSA) is 106 Å². The molecule has 2 N–H and O–H groups in total. The van der Waals surface area contributed by atoms with Crippen LogP contribution in [0.5, 0.6) is 5.75 Å². The quantitative estimate of drug-likeness (QED) is 0.342. The minimum Gasteiger partial charge on any atom is -0.482 e. The summed E-state index contributed by atoms with van der Waals surface area (Å²) in [6.45, 7) is -0.171. The van der Waals surface area contributed by atoms with Gasteiger partial charge in [0.05, 0.1) is 13.3 Å². The fourth-order valence-electron chi connectivity index (χ4n) is 2.39. The minimum absolute atomic E-state index is 0.0831. The van der Waals surface area contributed by atoms with Crippen molar-refractivity contribution in [2.75, 3.05) is 13.7 Å². The van der Waals surface area contributed by atoms with Gasteiger partial charge in [-0.15, -0.1) is 0 Å². The third kappa shape index (κ3) is 6.25. The molecule has 25 heavy (non-hydrogen) atoms. The average Bonchev–Trinajstić information content (AvgIpc) is 3.13. The van der Waals surface area contributed by atoms with Gasteiger partial charge in [-0.3, -0.25) is 9.59 Å². The van der Waals surface area contributed by atoms with Gasteiger partial charge in [0.25, 0.3) is 0 Å². The van der Waals surface area contributed by atoms with Crippen molar-refractivity contribution in [3.05, 3.63) is 29.8 Å². The molecule has 1 aromatic carbocycles. The van der Waals surface area contributed by atoms with E-state index in [1.807, 2.05) is 0 Å². The molecule has 8 heteroatoms. The molecule has 1 fully saturated rings. The van der Waals surface area contributed by atoms with Gasteiger partial charge in [-0.2, -0.15) is 5.10 Å². The monoisotopic (exact) mass is 347 g/mol. The molecule has 2 amide bonds. The second-order valence-corrected chi connectivity index (χ2v) is 5.59. The zero-order chi connectivity index (χ0) is 18.1. The predicted molar refractivity (Wildman–Crippen MR) is 90.1 cm³/mol. The van der Waals surface area contributed by atoms with E-state index in [0.29, 0.717) is 11.3 Å². The van der Waals surface area contributed by atoms with E-state index >= 15 is 0 Å². The van der Waals surface area contributed by atoms with E-state index < -0.39 is 17.8 Å². The Bertz CT molecular complexity index is 636. The van der Waals surface area contributed by atoms with E-state index in [4.69, 9.17) is 4.74 Å². The number of hydrazone groups is 1. The smallest absolute Gasteiger partial charge is 0.343 e. The number of amides is 2.